The number of nitrogens with zero attached hydrogens (tertiary/aromatic N) is 1. The predicted molar refractivity (Wildman–Crippen MR) is 57.8 cm³/mol. The molecule has 1 heterocycles. The second-order valence-corrected chi connectivity index (χ2v) is 5.27. The number of urea groups is 1. The molecule has 4 nitrogen and oxygen atoms in total. The molecule has 1 saturated heterocycles. The van der Waals surface area contributed by atoms with Crippen molar-refractivity contribution in [2.45, 2.75) is 51.3 Å². The van der Waals surface area contributed by atoms with Gasteiger partial charge in [-0.1, -0.05) is 0 Å². The first-order valence-electron chi connectivity index (χ1n) is 5.69. The first-order valence-corrected chi connectivity index (χ1v) is 5.69. The fourth-order valence-electron chi connectivity index (χ4n) is 1.82. The van der Waals surface area contributed by atoms with E-state index >= 15 is 0 Å². The molecule has 1 atom stereocenters. The van der Waals surface area contributed by atoms with Gasteiger partial charge in [-0.2, -0.15) is 0 Å². The zero-order chi connectivity index (χ0) is 11.1. The molecule has 2 amide bonds. The topological polar surface area (TPSA) is 41.6 Å². The van der Waals surface area contributed by atoms with E-state index in [0.717, 1.165) is 12.8 Å². The number of hydrogen-bond acceptors (Lipinski definition) is 2. The van der Waals surface area contributed by atoms with E-state index in [1.54, 1.807) is 0 Å². The van der Waals surface area contributed by atoms with Crippen LogP contribution in [0.1, 0.15) is 33.6 Å². The number of hydrogen-bond donors (Lipinski definition) is 1. The van der Waals surface area contributed by atoms with Gasteiger partial charge in [0.05, 0.1) is 18.2 Å². The highest BCUT2D eigenvalue weighted by atomic mass is 16.5. The van der Waals surface area contributed by atoms with Crippen LogP contribution in [0.15, 0.2) is 0 Å². The van der Waals surface area contributed by atoms with E-state index in [2.05, 4.69) is 5.32 Å². The summed E-state index contributed by atoms with van der Waals surface area (Å²) in [5.74, 6) is 0. The number of rotatable bonds is 1. The summed E-state index contributed by atoms with van der Waals surface area (Å²) < 4.78 is 5.57. The normalized spacial score (nSPS) is 30.1. The van der Waals surface area contributed by atoms with Crippen LogP contribution in [-0.4, -0.2) is 41.8 Å². The van der Waals surface area contributed by atoms with Gasteiger partial charge < -0.3 is 15.0 Å². The third-order valence-corrected chi connectivity index (χ3v) is 3.04. The van der Waals surface area contributed by atoms with Gasteiger partial charge in [-0.05, 0) is 33.6 Å². The number of morpholine rings is 1. The molecular formula is C11H20N2O2. The minimum Gasteiger partial charge on any atom is -0.374 e. The maximum atomic E-state index is 12.0. The summed E-state index contributed by atoms with van der Waals surface area (Å²) in [6.45, 7) is 7.40. The lowest BCUT2D eigenvalue weighted by molar-refractivity contribution is -0.0707. The second kappa shape index (κ2) is 3.67. The van der Waals surface area contributed by atoms with E-state index in [1.807, 2.05) is 25.7 Å². The lowest BCUT2D eigenvalue weighted by Gasteiger charge is -2.44. The summed E-state index contributed by atoms with van der Waals surface area (Å²) in [5.41, 5.74) is -0.189. The van der Waals surface area contributed by atoms with E-state index in [1.165, 1.54) is 0 Å². The number of amides is 2. The lowest BCUT2D eigenvalue weighted by atomic mass is 10.0. The van der Waals surface area contributed by atoms with Crippen LogP contribution in [0.25, 0.3) is 0 Å². The predicted octanol–water partition coefficient (Wildman–Crippen LogP) is 1.36. The maximum absolute atomic E-state index is 12.0. The van der Waals surface area contributed by atoms with Crippen LogP contribution < -0.4 is 5.32 Å². The van der Waals surface area contributed by atoms with Crippen molar-refractivity contribution in [2.24, 2.45) is 0 Å². The molecule has 0 spiro atoms. The standard InChI is InChI=1S/C11H20N2O2/c1-8-6-13(11(2,3)7-15-8)10(14)12-9-4-5-9/h8-9H,4-7H2,1-3H3,(H,12,14)/t8-/m1/s1. The van der Waals surface area contributed by atoms with Crippen LogP contribution in [-0.2, 0) is 4.74 Å². The summed E-state index contributed by atoms with van der Waals surface area (Å²) in [4.78, 5) is 13.9. The Morgan fingerprint density at radius 3 is 2.73 bits per heavy atom. The van der Waals surface area contributed by atoms with E-state index in [0.29, 0.717) is 19.2 Å². The van der Waals surface area contributed by atoms with Gasteiger partial charge in [-0.15, -0.1) is 0 Å². The summed E-state index contributed by atoms with van der Waals surface area (Å²) >= 11 is 0. The molecule has 0 aromatic rings. The van der Waals surface area contributed by atoms with Crippen LogP contribution in [0.3, 0.4) is 0 Å². The zero-order valence-corrected chi connectivity index (χ0v) is 9.75. The Bertz CT molecular complexity index is 261. The third-order valence-electron chi connectivity index (χ3n) is 3.04. The largest absolute Gasteiger partial charge is 0.374 e. The fourth-order valence-corrected chi connectivity index (χ4v) is 1.82. The van der Waals surface area contributed by atoms with Gasteiger partial charge in [-0.3, -0.25) is 0 Å². The van der Waals surface area contributed by atoms with Crippen molar-refractivity contribution in [1.29, 1.82) is 0 Å². The summed E-state index contributed by atoms with van der Waals surface area (Å²) in [6.07, 6.45) is 2.40. The molecule has 1 aliphatic heterocycles. The van der Waals surface area contributed by atoms with E-state index in [-0.39, 0.29) is 17.7 Å². The summed E-state index contributed by atoms with van der Waals surface area (Å²) in [5, 5.41) is 3.03. The van der Waals surface area contributed by atoms with Crippen molar-refractivity contribution in [3.05, 3.63) is 0 Å². The molecule has 2 fully saturated rings. The Morgan fingerprint density at radius 2 is 2.13 bits per heavy atom. The van der Waals surface area contributed by atoms with E-state index in [9.17, 15) is 4.79 Å². The van der Waals surface area contributed by atoms with Crippen molar-refractivity contribution in [3.8, 4) is 0 Å². The number of carbonyl (C=O) groups is 1. The molecule has 4 heteroatoms. The number of nitrogens with one attached hydrogen (secondary N) is 1. The van der Waals surface area contributed by atoms with Crippen LogP contribution in [0, 0.1) is 0 Å². The maximum Gasteiger partial charge on any atom is 0.318 e. The molecule has 0 bridgehead atoms. The van der Waals surface area contributed by atoms with Crippen LogP contribution in [0.4, 0.5) is 4.79 Å². The quantitative estimate of drug-likeness (QED) is 0.713. The highest BCUT2D eigenvalue weighted by Gasteiger charge is 2.38. The number of carbonyl (C=O) groups excluding carboxylic acids is 1. The highest BCUT2D eigenvalue weighted by molar-refractivity contribution is 5.75. The molecule has 0 radical (unpaired) electrons. The van der Waals surface area contributed by atoms with Gasteiger partial charge in [0, 0.05) is 12.6 Å². The second-order valence-electron chi connectivity index (χ2n) is 5.27. The molecule has 0 aromatic carbocycles. The molecule has 0 aromatic heterocycles. The summed E-state index contributed by atoms with van der Waals surface area (Å²) in [6, 6.07) is 0.490. The van der Waals surface area contributed by atoms with Gasteiger partial charge in [0.2, 0.25) is 0 Å². The Morgan fingerprint density at radius 1 is 1.47 bits per heavy atom. The molecule has 86 valence electrons. The van der Waals surface area contributed by atoms with Crippen molar-refractivity contribution in [3.63, 3.8) is 0 Å². The highest BCUT2D eigenvalue weighted by Crippen LogP contribution is 2.24. The molecule has 1 saturated carbocycles. The van der Waals surface area contributed by atoms with E-state index in [4.69, 9.17) is 4.74 Å². The van der Waals surface area contributed by atoms with Crippen molar-refractivity contribution in [1.82, 2.24) is 10.2 Å². The average molecular weight is 212 g/mol. The molecule has 15 heavy (non-hydrogen) atoms. The Balaban J connectivity index is 1.99. The Kier molecular flexibility index (Phi) is 2.63. The summed E-state index contributed by atoms with van der Waals surface area (Å²) in [7, 11) is 0. The van der Waals surface area contributed by atoms with Crippen molar-refractivity contribution in [2.75, 3.05) is 13.2 Å². The third kappa shape index (κ3) is 2.43. The average Bonchev–Trinajstić information content (AvgIpc) is 2.93. The Labute approximate surface area is 91.0 Å². The SMILES string of the molecule is C[C@@H]1CN(C(=O)NC2CC2)C(C)(C)CO1. The molecule has 2 rings (SSSR count). The zero-order valence-electron chi connectivity index (χ0n) is 9.75. The number of ether oxygens (including phenoxy) is 1. The Hall–Kier alpha value is -0.770. The van der Waals surface area contributed by atoms with Crippen molar-refractivity contribution < 1.29 is 9.53 Å². The van der Waals surface area contributed by atoms with Gasteiger partial charge in [-0.25, -0.2) is 4.79 Å². The van der Waals surface area contributed by atoms with E-state index < -0.39 is 0 Å². The van der Waals surface area contributed by atoms with Gasteiger partial charge >= 0.3 is 6.03 Å². The smallest absolute Gasteiger partial charge is 0.318 e. The fraction of sp³-hybridized carbons (Fsp3) is 0.909. The molecule has 2 aliphatic rings. The minimum absolute atomic E-state index is 0.0673. The van der Waals surface area contributed by atoms with Crippen LogP contribution in [0.2, 0.25) is 0 Å². The first-order chi connectivity index (χ1) is 6.99. The molecular weight excluding hydrogens is 192 g/mol. The van der Waals surface area contributed by atoms with Gasteiger partial charge in [0.1, 0.15) is 0 Å². The monoisotopic (exact) mass is 212 g/mol. The van der Waals surface area contributed by atoms with Gasteiger partial charge in [0.25, 0.3) is 0 Å². The lowest BCUT2D eigenvalue weighted by Crippen LogP contribution is -2.60. The van der Waals surface area contributed by atoms with Crippen LogP contribution >= 0.6 is 0 Å². The van der Waals surface area contributed by atoms with Gasteiger partial charge in [0.15, 0.2) is 0 Å². The minimum atomic E-state index is -0.189. The molecule has 1 N–H and O–H groups in total. The van der Waals surface area contributed by atoms with Crippen LogP contribution in [0.5, 0.6) is 0 Å². The van der Waals surface area contributed by atoms with Crippen molar-refractivity contribution >= 4 is 6.03 Å². The first kappa shape index (κ1) is 10.7. The molecule has 1 aliphatic carbocycles. The molecule has 0 unspecified atom stereocenters.